The molecule has 1 aromatic carbocycles. The lowest BCUT2D eigenvalue weighted by molar-refractivity contribution is -0.122. The van der Waals surface area contributed by atoms with E-state index in [0.29, 0.717) is 33.6 Å². The summed E-state index contributed by atoms with van der Waals surface area (Å²) in [5, 5.41) is 11.6. The number of carbonyl (C=O) groups excluding carboxylic acids is 2. The van der Waals surface area contributed by atoms with E-state index in [1.807, 2.05) is 0 Å². The first-order valence-electron chi connectivity index (χ1n) is 8.36. The summed E-state index contributed by atoms with van der Waals surface area (Å²) in [7, 11) is 0. The van der Waals surface area contributed by atoms with Gasteiger partial charge < -0.3 is 14.8 Å². The molecule has 9 heteroatoms. The van der Waals surface area contributed by atoms with Gasteiger partial charge in [-0.05, 0) is 36.8 Å². The zero-order valence-corrected chi connectivity index (χ0v) is 16.2. The maximum atomic E-state index is 12.5. The number of thiocarbonyl (C=S) groups is 1. The van der Waals surface area contributed by atoms with Gasteiger partial charge in [0.05, 0.1) is 16.7 Å². The minimum atomic E-state index is -1.06. The van der Waals surface area contributed by atoms with Crippen molar-refractivity contribution in [1.82, 2.24) is 4.90 Å². The number of hydrogen-bond donors (Lipinski definition) is 2. The van der Waals surface area contributed by atoms with Gasteiger partial charge in [0.25, 0.3) is 5.91 Å². The van der Waals surface area contributed by atoms with Crippen molar-refractivity contribution in [3.63, 3.8) is 0 Å². The number of thioether (sulfide) groups is 1. The molecule has 1 aliphatic heterocycles. The van der Waals surface area contributed by atoms with Gasteiger partial charge in [-0.3, -0.25) is 14.5 Å². The number of carboxylic acid groups (broad SMARTS) is 1. The number of hydrogen-bond acceptors (Lipinski definition) is 6. The Morgan fingerprint density at radius 3 is 2.82 bits per heavy atom. The van der Waals surface area contributed by atoms with Gasteiger partial charge in [-0.25, -0.2) is 4.79 Å². The zero-order chi connectivity index (χ0) is 20.1. The first-order valence-corrected chi connectivity index (χ1v) is 9.58. The van der Waals surface area contributed by atoms with Crippen LogP contribution in [0.2, 0.25) is 0 Å². The molecule has 1 aromatic heterocycles. The maximum absolute atomic E-state index is 12.5. The molecule has 2 aromatic rings. The molecule has 1 fully saturated rings. The summed E-state index contributed by atoms with van der Waals surface area (Å²) >= 11 is 6.45. The van der Waals surface area contributed by atoms with E-state index in [-0.39, 0.29) is 23.8 Å². The van der Waals surface area contributed by atoms with Crippen LogP contribution in [0.3, 0.4) is 0 Å². The number of anilines is 1. The molecule has 3 rings (SSSR count). The molecule has 2 heterocycles. The van der Waals surface area contributed by atoms with Gasteiger partial charge in [0.1, 0.15) is 10.1 Å². The van der Waals surface area contributed by atoms with Crippen molar-refractivity contribution in [2.24, 2.45) is 0 Å². The van der Waals surface area contributed by atoms with Gasteiger partial charge >= 0.3 is 5.97 Å². The Kier molecular flexibility index (Phi) is 6.27. The minimum absolute atomic E-state index is 0.0960. The summed E-state index contributed by atoms with van der Waals surface area (Å²) in [6, 6.07) is 9.50. The first-order chi connectivity index (χ1) is 13.4. The third-order valence-corrected chi connectivity index (χ3v) is 5.25. The third kappa shape index (κ3) is 4.87. The van der Waals surface area contributed by atoms with Crippen molar-refractivity contribution in [1.29, 1.82) is 0 Å². The molecule has 1 saturated heterocycles. The van der Waals surface area contributed by atoms with Crippen molar-refractivity contribution in [2.75, 3.05) is 11.9 Å². The lowest BCUT2D eigenvalue weighted by Gasteiger charge is -2.14. The van der Waals surface area contributed by atoms with Crippen molar-refractivity contribution in [3.05, 3.63) is 58.9 Å². The van der Waals surface area contributed by atoms with Gasteiger partial charge in [-0.2, -0.15) is 0 Å². The number of furan rings is 1. The van der Waals surface area contributed by atoms with Crippen LogP contribution in [0.25, 0.3) is 6.08 Å². The number of nitrogens with zero attached hydrogens (tertiary/aromatic N) is 1. The molecule has 0 radical (unpaired) electrons. The Bertz CT molecular complexity index is 953. The fraction of sp³-hybridized carbons (Fsp3) is 0.158. The van der Waals surface area contributed by atoms with Crippen LogP contribution in [-0.4, -0.2) is 38.7 Å². The second-order valence-electron chi connectivity index (χ2n) is 5.89. The maximum Gasteiger partial charge on any atom is 0.335 e. The molecule has 2 N–H and O–H groups in total. The Labute approximate surface area is 170 Å². The number of aromatic carboxylic acids is 1. The fourth-order valence-electron chi connectivity index (χ4n) is 2.55. The molecule has 0 bridgehead atoms. The summed E-state index contributed by atoms with van der Waals surface area (Å²) in [4.78, 5) is 37.5. The van der Waals surface area contributed by atoms with Crippen molar-refractivity contribution >= 4 is 57.8 Å². The Hall–Kier alpha value is -2.91. The monoisotopic (exact) mass is 416 g/mol. The van der Waals surface area contributed by atoms with E-state index in [2.05, 4.69) is 5.32 Å². The highest BCUT2D eigenvalue weighted by atomic mass is 32.2. The van der Waals surface area contributed by atoms with E-state index in [4.69, 9.17) is 21.7 Å². The number of carbonyl (C=O) groups is 3. The second kappa shape index (κ2) is 8.85. The van der Waals surface area contributed by atoms with Gasteiger partial charge in [0.15, 0.2) is 0 Å². The van der Waals surface area contributed by atoms with E-state index in [1.54, 1.807) is 30.3 Å². The SMILES string of the molecule is O=C(CCCN1C(=O)/C(=C\c2ccco2)SC1=S)Nc1cccc(C(=O)O)c1. The van der Waals surface area contributed by atoms with Crippen LogP contribution in [-0.2, 0) is 9.59 Å². The number of amides is 2. The molecule has 144 valence electrons. The van der Waals surface area contributed by atoms with E-state index >= 15 is 0 Å². The minimum Gasteiger partial charge on any atom is -0.478 e. The molecule has 0 aliphatic carbocycles. The summed E-state index contributed by atoms with van der Waals surface area (Å²) in [5.74, 6) is -0.961. The van der Waals surface area contributed by atoms with Gasteiger partial charge in [-0.15, -0.1) is 0 Å². The Morgan fingerprint density at radius 1 is 1.29 bits per heavy atom. The molecule has 7 nitrogen and oxygen atoms in total. The predicted octanol–water partition coefficient (Wildman–Crippen LogP) is 3.60. The molecular formula is C19H16N2O5S2. The topological polar surface area (TPSA) is 99.9 Å². The molecule has 0 spiro atoms. The van der Waals surface area contributed by atoms with E-state index in [1.165, 1.54) is 35.1 Å². The van der Waals surface area contributed by atoms with Crippen LogP contribution in [0.4, 0.5) is 5.69 Å². The quantitative estimate of drug-likeness (QED) is 0.525. The van der Waals surface area contributed by atoms with Crippen LogP contribution in [0.1, 0.15) is 29.0 Å². The molecule has 0 atom stereocenters. The normalized spacial score (nSPS) is 15.3. The molecule has 1 aliphatic rings. The fourth-order valence-corrected chi connectivity index (χ4v) is 3.84. The third-order valence-electron chi connectivity index (χ3n) is 3.87. The second-order valence-corrected chi connectivity index (χ2v) is 7.56. The van der Waals surface area contributed by atoms with Crippen molar-refractivity contribution in [2.45, 2.75) is 12.8 Å². The Morgan fingerprint density at radius 2 is 2.11 bits per heavy atom. The smallest absolute Gasteiger partial charge is 0.335 e. The molecule has 2 amide bonds. The lowest BCUT2D eigenvalue weighted by atomic mass is 10.2. The highest BCUT2D eigenvalue weighted by Crippen LogP contribution is 2.32. The number of nitrogens with one attached hydrogen (secondary N) is 1. The lowest BCUT2D eigenvalue weighted by Crippen LogP contribution is -2.29. The van der Waals surface area contributed by atoms with Gasteiger partial charge in [0.2, 0.25) is 5.91 Å². The Balaban J connectivity index is 1.51. The van der Waals surface area contributed by atoms with E-state index in [9.17, 15) is 14.4 Å². The van der Waals surface area contributed by atoms with Gasteiger partial charge in [-0.1, -0.05) is 30.0 Å². The average molecular weight is 416 g/mol. The van der Waals surface area contributed by atoms with Crippen LogP contribution in [0.5, 0.6) is 0 Å². The van der Waals surface area contributed by atoms with Crippen LogP contribution >= 0.6 is 24.0 Å². The number of rotatable bonds is 7. The molecule has 0 unspecified atom stereocenters. The largest absolute Gasteiger partial charge is 0.478 e. The van der Waals surface area contributed by atoms with Crippen molar-refractivity contribution < 1.29 is 23.9 Å². The zero-order valence-electron chi connectivity index (χ0n) is 14.6. The number of benzene rings is 1. The standard InChI is InChI=1S/C19H16N2O5S2/c22-16(20-13-5-1-4-12(10-13)18(24)25)7-2-8-21-17(23)15(28-19(21)27)11-14-6-3-9-26-14/h1,3-6,9-11H,2,7-8H2,(H,20,22)(H,24,25)/b15-11+. The van der Waals surface area contributed by atoms with Crippen LogP contribution in [0.15, 0.2) is 52.0 Å². The van der Waals surface area contributed by atoms with Crippen LogP contribution < -0.4 is 5.32 Å². The predicted molar refractivity (Wildman–Crippen MR) is 110 cm³/mol. The highest BCUT2D eigenvalue weighted by molar-refractivity contribution is 8.26. The van der Waals surface area contributed by atoms with Crippen LogP contribution in [0, 0.1) is 0 Å². The molecule has 28 heavy (non-hydrogen) atoms. The number of carboxylic acids is 1. The van der Waals surface area contributed by atoms with E-state index < -0.39 is 5.97 Å². The first kappa shape index (κ1) is 19.8. The van der Waals surface area contributed by atoms with Crippen molar-refractivity contribution in [3.8, 4) is 0 Å². The highest BCUT2D eigenvalue weighted by Gasteiger charge is 2.31. The summed E-state index contributed by atoms with van der Waals surface area (Å²) in [6.45, 7) is 0.322. The van der Waals surface area contributed by atoms with E-state index in [0.717, 1.165) is 0 Å². The van der Waals surface area contributed by atoms with Gasteiger partial charge in [0, 0.05) is 24.7 Å². The summed E-state index contributed by atoms with van der Waals surface area (Å²) in [6.07, 6.45) is 3.76. The summed E-state index contributed by atoms with van der Waals surface area (Å²) in [5.41, 5.74) is 0.510. The molecular weight excluding hydrogens is 400 g/mol. The average Bonchev–Trinajstić information content (AvgIpc) is 3.25. The molecule has 0 saturated carbocycles. The summed E-state index contributed by atoms with van der Waals surface area (Å²) < 4.78 is 5.66.